The van der Waals surface area contributed by atoms with Gasteiger partial charge in [-0.25, -0.2) is 0 Å². The molecule has 5 aliphatic rings. The first-order valence-electron chi connectivity index (χ1n) is 13.8. The van der Waals surface area contributed by atoms with Crippen LogP contribution in [0.1, 0.15) is 86.5 Å². The molecular formula is C30H48O4. The standard InChI is InChI=1S/C30H48O4/c1-26(2)13-18(16-31)25-19(14-26)20-7-8-23-27(3)11-10-24(34)28(4,17-32)22(27)9-12-29(23,5)30(20,6)15-21(25)33/h7-8,18,21-25,31-34H,9-17H2,1-6H3/t18-,21-,22+,23+,24-,25?,27-,28-,29+,30+/m0/s1. The minimum Gasteiger partial charge on any atom is -0.396 e. The molecule has 0 aromatic carbocycles. The molecule has 0 spiro atoms. The van der Waals surface area contributed by atoms with E-state index in [1.54, 1.807) is 0 Å². The molecule has 0 saturated heterocycles. The molecule has 10 atom stereocenters. The largest absolute Gasteiger partial charge is 0.396 e. The zero-order valence-electron chi connectivity index (χ0n) is 22.3. The van der Waals surface area contributed by atoms with E-state index in [0.717, 1.165) is 44.9 Å². The van der Waals surface area contributed by atoms with E-state index in [1.165, 1.54) is 11.1 Å². The summed E-state index contributed by atoms with van der Waals surface area (Å²) in [6.45, 7) is 14.2. The number of allylic oxidation sites excluding steroid dienone is 3. The molecule has 0 amide bonds. The first kappa shape index (κ1) is 25.0. The van der Waals surface area contributed by atoms with E-state index in [-0.39, 0.29) is 52.6 Å². The van der Waals surface area contributed by atoms with Crippen molar-refractivity contribution in [3.63, 3.8) is 0 Å². The fourth-order valence-electron chi connectivity index (χ4n) is 10.4. The van der Waals surface area contributed by atoms with Gasteiger partial charge in [-0.15, -0.1) is 0 Å². The zero-order chi connectivity index (χ0) is 24.9. The molecular weight excluding hydrogens is 424 g/mol. The van der Waals surface area contributed by atoms with Gasteiger partial charge in [0.1, 0.15) is 0 Å². The van der Waals surface area contributed by atoms with Crippen molar-refractivity contribution >= 4 is 0 Å². The molecule has 0 bridgehead atoms. The minimum absolute atomic E-state index is 0.0102. The maximum atomic E-state index is 11.6. The van der Waals surface area contributed by atoms with E-state index >= 15 is 0 Å². The van der Waals surface area contributed by atoms with Crippen molar-refractivity contribution in [2.24, 2.45) is 50.7 Å². The molecule has 4 nitrogen and oxygen atoms in total. The molecule has 3 fully saturated rings. The highest BCUT2D eigenvalue weighted by molar-refractivity contribution is 5.45. The highest BCUT2D eigenvalue weighted by Gasteiger charge is 2.67. The Kier molecular flexibility index (Phi) is 5.63. The van der Waals surface area contributed by atoms with Gasteiger partial charge < -0.3 is 20.4 Å². The van der Waals surface area contributed by atoms with E-state index in [1.807, 2.05) is 0 Å². The Morgan fingerprint density at radius 1 is 0.941 bits per heavy atom. The Morgan fingerprint density at radius 2 is 1.65 bits per heavy atom. The molecule has 5 aliphatic carbocycles. The predicted molar refractivity (Wildman–Crippen MR) is 135 cm³/mol. The van der Waals surface area contributed by atoms with Gasteiger partial charge in [-0.2, -0.15) is 0 Å². The van der Waals surface area contributed by atoms with Crippen molar-refractivity contribution in [3.8, 4) is 0 Å². The van der Waals surface area contributed by atoms with Gasteiger partial charge in [0.2, 0.25) is 0 Å². The summed E-state index contributed by atoms with van der Waals surface area (Å²) in [5.41, 5.74) is 2.42. The molecule has 5 rings (SSSR count). The second-order valence-electron chi connectivity index (χ2n) is 14.6. The second-order valence-corrected chi connectivity index (χ2v) is 14.6. The Morgan fingerprint density at radius 3 is 2.29 bits per heavy atom. The third-order valence-corrected chi connectivity index (χ3v) is 12.3. The van der Waals surface area contributed by atoms with Crippen LogP contribution in [0.2, 0.25) is 0 Å². The van der Waals surface area contributed by atoms with Crippen LogP contribution in [-0.2, 0) is 0 Å². The number of rotatable bonds is 2. The number of hydrogen-bond acceptors (Lipinski definition) is 4. The molecule has 4 N–H and O–H groups in total. The fourth-order valence-corrected chi connectivity index (χ4v) is 10.4. The van der Waals surface area contributed by atoms with Crippen molar-refractivity contribution in [2.45, 2.75) is 98.7 Å². The van der Waals surface area contributed by atoms with Crippen molar-refractivity contribution in [3.05, 3.63) is 23.3 Å². The lowest BCUT2D eigenvalue weighted by Gasteiger charge is -2.69. The maximum absolute atomic E-state index is 11.6. The summed E-state index contributed by atoms with van der Waals surface area (Å²) in [5, 5.41) is 43.1. The summed E-state index contributed by atoms with van der Waals surface area (Å²) in [5.74, 6) is 0.826. The summed E-state index contributed by atoms with van der Waals surface area (Å²) in [7, 11) is 0. The fraction of sp³-hybridized carbons (Fsp3) is 0.867. The van der Waals surface area contributed by atoms with Gasteiger partial charge in [-0.3, -0.25) is 0 Å². The van der Waals surface area contributed by atoms with E-state index in [0.29, 0.717) is 5.92 Å². The lowest BCUT2D eigenvalue weighted by molar-refractivity contribution is -0.200. The van der Waals surface area contributed by atoms with E-state index in [4.69, 9.17) is 0 Å². The first-order valence-corrected chi connectivity index (χ1v) is 13.8. The molecule has 0 aromatic rings. The summed E-state index contributed by atoms with van der Waals surface area (Å²) >= 11 is 0. The van der Waals surface area contributed by atoms with Crippen LogP contribution in [0.5, 0.6) is 0 Å². The van der Waals surface area contributed by atoms with Crippen molar-refractivity contribution in [1.29, 1.82) is 0 Å². The number of aliphatic hydroxyl groups is 4. The molecule has 0 aromatic heterocycles. The van der Waals surface area contributed by atoms with E-state index < -0.39 is 17.6 Å². The molecule has 0 aliphatic heterocycles. The minimum atomic E-state index is -0.458. The van der Waals surface area contributed by atoms with Gasteiger partial charge in [0.15, 0.2) is 0 Å². The molecule has 0 heterocycles. The number of fused-ring (bicyclic) bond motifs is 6. The first-order chi connectivity index (χ1) is 15.8. The van der Waals surface area contributed by atoms with Crippen LogP contribution in [0.4, 0.5) is 0 Å². The highest BCUT2D eigenvalue weighted by Crippen LogP contribution is 2.73. The van der Waals surface area contributed by atoms with E-state index in [9.17, 15) is 20.4 Å². The van der Waals surface area contributed by atoms with Crippen LogP contribution >= 0.6 is 0 Å². The third-order valence-electron chi connectivity index (χ3n) is 12.3. The van der Waals surface area contributed by atoms with Crippen molar-refractivity contribution in [1.82, 2.24) is 0 Å². The van der Waals surface area contributed by atoms with Crippen LogP contribution in [-0.4, -0.2) is 45.8 Å². The van der Waals surface area contributed by atoms with Crippen LogP contribution in [0.15, 0.2) is 23.3 Å². The van der Waals surface area contributed by atoms with Gasteiger partial charge in [0, 0.05) is 23.4 Å². The third kappa shape index (κ3) is 3.04. The van der Waals surface area contributed by atoms with E-state index in [2.05, 4.69) is 53.7 Å². The Labute approximate surface area is 206 Å². The lowest BCUT2D eigenvalue weighted by Crippen LogP contribution is -2.64. The molecule has 192 valence electrons. The summed E-state index contributed by atoms with van der Waals surface area (Å²) in [6.07, 6.45) is 10.5. The average Bonchev–Trinajstić information content (AvgIpc) is 2.76. The zero-order valence-corrected chi connectivity index (χ0v) is 22.3. The van der Waals surface area contributed by atoms with Crippen molar-refractivity contribution < 1.29 is 20.4 Å². The number of hydrogen-bond donors (Lipinski definition) is 4. The molecule has 34 heavy (non-hydrogen) atoms. The topological polar surface area (TPSA) is 80.9 Å². The van der Waals surface area contributed by atoms with Gasteiger partial charge >= 0.3 is 0 Å². The van der Waals surface area contributed by atoms with Crippen LogP contribution < -0.4 is 0 Å². The summed E-state index contributed by atoms with van der Waals surface area (Å²) in [4.78, 5) is 0. The molecule has 1 unspecified atom stereocenters. The van der Waals surface area contributed by atoms with Crippen LogP contribution in [0.25, 0.3) is 0 Å². The second kappa shape index (κ2) is 7.66. The Balaban J connectivity index is 1.65. The van der Waals surface area contributed by atoms with Gasteiger partial charge in [0.25, 0.3) is 0 Å². The van der Waals surface area contributed by atoms with Crippen LogP contribution in [0.3, 0.4) is 0 Å². The van der Waals surface area contributed by atoms with Gasteiger partial charge in [0.05, 0.1) is 18.8 Å². The molecule has 4 heteroatoms. The van der Waals surface area contributed by atoms with Gasteiger partial charge in [-0.05, 0) is 84.5 Å². The highest BCUT2D eigenvalue weighted by atomic mass is 16.3. The van der Waals surface area contributed by atoms with Crippen molar-refractivity contribution in [2.75, 3.05) is 13.2 Å². The van der Waals surface area contributed by atoms with Crippen LogP contribution in [0, 0.1) is 50.7 Å². The molecule has 3 saturated carbocycles. The Bertz CT molecular complexity index is 905. The monoisotopic (exact) mass is 472 g/mol. The quantitative estimate of drug-likeness (QED) is 0.463. The SMILES string of the molecule is CC1(C)CC2=C3C=C[C@@H]4[C@@]5(C)CC[C@H](O)[C@@](C)(CO)[C@@H]5CC[C@@]4(C)[C@]3(C)C[C@H](O)C2[C@H](CO)C1. The predicted octanol–water partition coefficient (Wildman–Crippen LogP) is 4.86. The Hall–Kier alpha value is -0.680. The molecule has 0 radical (unpaired) electrons. The summed E-state index contributed by atoms with van der Waals surface area (Å²) in [6, 6.07) is 0. The van der Waals surface area contributed by atoms with Gasteiger partial charge in [-0.1, -0.05) is 59.3 Å². The maximum Gasteiger partial charge on any atom is 0.0618 e. The normalized spacial score (nSPS) is 54.1. The average molecular weight is 473 g/mol. The smallest absolute Gasteiger partial charge is 0.0618 e. The summed E-state index contributed by atoms with van der Waals surface area (Å²) < 4.78 is 0. The lowest BCUT2D eigenvalue weighted by atomic mass is 9.35. The number of aliphatic hydroxyl groups excluding tert-OH is 4.